The minimum Gasteiger partial charge on any atom is -0.578 e. The number of nitrogens with zero attached hydrogens (tertiary/aromatic N) is 7. The van der Waals surface area contributed by atoms with Gasteiger partial charge in [0.15, 0.2) is 11.5 Å². The number of nitrogen functional groups attached to an aromatic ring is 1. The highest BCUT2D eigenvalue weighted by Crippen LogP contribution is 2.48. The average molecular weight is 487 g/mol. The molecule has 3 aromatic rings. The fourth-order valence-corrected chi connectivity index (χ4v) is 3.98. The van der Waals surface area contributed by atoms with E-state index in [2.05, 4.69) is 20.1 Å². The minimum absolute atomic E-state index is 0.0676. The third kappa shape index (κ3) is 4.79. The lowest BCUT2D eigenvalue weighted by molar-refractivity contribution is -0.129. The number of aromatic nitrogens is 4. The smallest absolute Gasteiger partial charge is 0.369 e. The molecule has 0 radical (unpaired) electrons. The first kappa shape index (κ1) is 24.5. The number of nitrogens with one attached hydrogen (secondary N) is 1. The van der Waals surface area contributed by atoms with E-state index in [9.17, 15) is 10.1 Å². The molecule has 5 N–H and O–H groups in total. The number of likely N-dealkylation sites (N-methyl/N-ethyl adjacent to an activating group) is 1. The predicted molar refractivity (Wildman–Crippen MR) is 135 cm³/mol. The molecule has 0 unspecified atom stereocenters. The molecule has 2 aromatic heterocycles. The van der Waals surface area contributed by atoms with E-state index in [4.69, 9.17) is 16.2 Å². The summed E-state index contributed by atoms with van der Waals surface area (Å²) in [5, 5.41) is 30.6. The number of amides is 1. The standard InChI is InChI=1S/C25H27N9O2/c1-25(18-8-9-18,17-6-4-15(5-7-17)20-12-29-22(27)19(10-26)31-20)24(28)32-23(36)16-11-30-34(13-16)14-21(35)33(2)3/h4-7,11-13,18H,8-9,14H2,1-3H3,(H2,27,29)(H2,28,32,36)/p+1/t25-/m0/s1. The second-order valence-corrected chi connectivity index (χ2v) is 9.18. The maximum atomic E-state index is 11.9. The second kappa shape index (κ2) is 9.58. The number of carbonyl (C=O) groups is 1. The van der Waals surface area contributed by atoms with Crippen molar-refractivity contribution in [3.8, 4) is 17.3 Å². The van der Waals surface area contributed by atoms with Gasteiger partial charge in [-0.15, -0.1) is 4.99 Å². The molecule has 1 fully saturated rings. The van der Waals surface area contributed by atoms with Crippen molar-refractivity contribution in [2.24, 2.45) is 10.9 Å². The van der Waals surface area contributed by atoms with Gasteiger partial charge in [0.25, 0.3) is 0 Å². The molecule has 1 aromatic carbocycles. The van der Waals surface area contributed by atoms with E-state index < -0.39 is 5.41 Å². The highest BCUT2D eigenvalue weighted by Gasteiger charge is 2.46. The van der Waals surface area contributed by atoms with Crippen LogP contribution >= 0.6 is 0 Å². The lowest BCUT2D eigenvalue weighted by Crippen LogP contribution is -2.34. The van der Waals surface area contributed by atoms with Crippen molar-refractivity contribution < 1.29 is 9.90 Å². The van der Waals surface area contributed by atoms with Crippen LogP contribution in [-0.4, -0.2) is 61.5 Å². The molecule has 1 aliphatic carbocycles. The first-order valence-electron chi connectivity index (χ1n) is 11.4. The van der Waals surface area contributed by atoms with Crippen LogP contribution in [0.2, 0.25) is 0 Å². The summed E-state index contributed by atoms with van der Waals surface area (Å²) >= 11 is 0. The molecule has 1 amide bonds. The summed E-state index contributed by atoms with van der Waals surface area (Å²) in [6.07, 6.45) is 6.55. The van der Waals surface area contributed by atoms with Gasteiger partial charge in [-0.3, -0.25) is 14.9 Å². The number of hydrogen-bond acceptors (Lipinski definition) is 7. The van der Waals surface area contributed by atoms with Crippen LogP contribution in [0.4, 0.5) is 5.82 Å². The monoisotopic (exact) mass is 486 g/mol. The Hall–Kier alpha value is -4.59. The van der Waals surface area contributed by atoms with Crippen molar-refractivity contribution in [2.75, 3.05) is 19.8 Å². The third-order valence-electron chi connectivity index (χ3n) is 6.50. The van der Waals surface area contributed by atoms with Gasteiger partial charge in [0.2, 0.25) is 5.91 Å². The minimum atomic E-state index is -0.674. The van der Waals surface area contributed by atoms with Crippen LogP contribution in [0, 0.1) is 22.7 Å². The van der Waals surface area contributed by atoms with Crippen LogP contribution in [0.15, 0.2) is 47.8 Å². The molecule has 0 spiro atoms. The molecule has 2 heterocycles. The van der Waals surface area contributed by atoms with Gasteiger partial charge in [-0.1, -0.05) is 24.3 Å². The Kier molecular flexibility index (Phi) is 6.53. The van der Waals surface area contributed by atoms with Crippen LogP contribution in [0.25, 0.3) is 11.3 Å². The highest BCUT2D eigenvalue weighted by atomic mass is 16.3. The molecular formula is C25H28N9O2+. The zero-order valence-corrected chi connectivity index (χ0v) is 20.4. The van der Waals surface area contributed by atoms with Crippen molar-refractivity contribution in [2.45, 2.75) is 31.7 Å². The Morgan fingerprint density at radius 1 is 1.33 bits per heavy atom. The lowest BCUT2D eigenvalue weighted by Gasteiger charge is -2.28. The summed E-state index contributed by atoms with van der Waals surface area (Å²) in [4.78, 5) is 26.1. The fraction of sp³-hybridized carbons (Fsp3) is 0.320. The SMILES string of the molecule is CN(C)C(=O)Cn1cc(C([OH2+])=NC(=N)[C@@](C)(c2ccc(-c3cnc(N)c(C#N)n3)cc2)C2CC2)cn1. The lowest BCUT2D eigenvalue weighted by atomic mass is 9.76. The number of nitriles is 1. The molecule has 1 aliphatic rings. The molecule has 0 aliphatic heterocycles. The zero-order valence-electron chi connectivity index (χ0n) is 20.4. The number of aliphatic imine (C=N–C) groups is 1. The van der Waals surface area contributed by atoms with E-state index in [-0.39, 0.29) is 41.6 Å². The summed E-state index contributed by atoms with van der Waals surface area (Å²) in [5.41, 5.74) is 7.74. The number of nitrogens with two attached hydrogens (primary N) is 1. The molecule has 0 bridgehead atoms. The Balaban J connectivity index is 1.58. The van der Waals surface area contributed by atoms with Crippen molar-refractivity contribution in [3.05, 3.63) is 59.7 Å². The van der Waals surface area contributed by atoms with Gasteiger partial charge >= 0.3 is 5.90 Å². The molecule has 0 saturated heterocycles. The number of anilines is 1. The quantitative estimate of drug-likeness (QED) is 0.292. The van der Waals surface area contributed by atoms with Gasteiger partial charge in [-0.05, 0) is 31.2 Å². The van der Waals surface area contributed by atoms with Crippen LogP contribution in [-0.2, 0) is 16.8 Å². The molecule has 11 heteroatoms. The van der Waals surface area contributed by atoms with E-state index in [1.165, 1.54) is 22.0 Å². The maximum absolute atomic E-state index is 11.9. The highest BCUT2D eigenvalue weighted by molar-refractivity contribution is 6.04. The van der Waals surface area contributed by atoms with Crippen molar-refractivity contribution in [1.29, 1.82) is 10.7 Å². The number of benzene rings is 1. The summed E-state index contributed by atoms with van der Waals surface area (Å²) in [6.45, 7) is 2.05. The van der Waals surface area contributed by atoms with E-state index in [0.29, 0.717) is 11.3 Å². The van der Waals surface area contributed by atoms with Gasteiger partial charge < -0.3 is 15.7 Å². The van der Waals surface area contributed by atoms with Crippen molar-refractivity contribution in [1.82, 2.24) is 24.6 Å². The Labute approximate surface area is 208 Å². The van der Waals surface area contributed by atoms with Gasteiger partial charge in [0.1, 0.15) is 24.0 Å². The zero-order chi connectivity index (χ0) is 26.0. The Morgan fingerprint density at radius 3 is 2.64 bits per heavy atom. The Morgan fingerprint density at radius 2 is 2.03 bits per heavy atom. The second-order valence-electron chi connectivity index (χ2n) is 9.18. The van der Waals surface area contributed by atoms with E-state index in [1.54, 1.807) is 20.3 Å². The van der Waals surface area contributed by atoms with Crippen molar-refractivity contribution in [3.63, 3.8) is 0 Å². The fourth-order valence-electron chi connectivity index (χ4n) is 3.98. The van der Waals surface area contributed by atoms with Crippen LogP contribution in [0.3, 0.4) is 0 Å². The first-order valence-corrected chi connectivity index (χ1v) is 11.4. The van der Waals surface area contributed by atoms with E-state index in [0.717, 1.165) is 24.0 Å². The van der Waals surface area contributed by atoms with Crippen LogP contribution < -0.4 is 5.73 Å². The average Bonchev–Trinajstić information content (AvgIpc) is 3.62. The molecule has 36 heavy (non-hydrogen) atoms. The molecule has 4 rings (SSSR count). The molecule has 1 saturated carbocycles. The topological polar surface area (TPSA) is 173 Å². The van der Waals surface area contributed by atoms with E-state index >= 15 is 0 Å². The van der Waals surface area contributed by atoms with Gasteiger partial charge in [0.05, 0.1) is 23.5 Å². The number of hydrogen-bond donors (Lipinski definition) is 2. The van der Waals surface area contributed by atoms with Gasteiger partial charge in [-0.2, -0.15) is 10.4 Å². The molecule has 11 nitrogen and oxygen atoms in total. The number of amidine groups is 1. The summed E-state index contributed by atoms with van der Waals surface area (Å²) in [7, 11) is 3.34. The van der Waals surface area contributed by atoms with Crippen LogP contribution in [0.1, 0.15) is 36.6 Å². The first-order chi connectivity index (χ1) is 17.1. The summed E-state index contributed by atoms with van der Waals surface area (Å²) in [5.74, 6) is 0.243. The normalized spacial score (nSPS) is 15.1. The largest absolute Gasteiger partial charge is 0.578 e. The summed E-state index contributed by atoms with van der Waals surface area (Å²) in [6, 6.07) is 9.55. The molecule has 1 atom stereocenters. The number of rotatable bonds is 7. The van der Waals surface area contributed by atoms with Gasteiger partial charge in [0, 0.05) is 25.9 Å². The number of carbonyl (C=O) groups excluding carboxylic acids is 1. The van der Waals surface area contributed by atoms with E-state index in [1.807, 2.05) is 37.3 Å². The summed E-state index contributed by atoms with van der Waals surface area (Å²) < 4.78 is 1.46. The van der Waals surface area contributed by atoms with Gasteiger partial charge in [-0.25, -0.2) is 9.97 Å². The van der Waals surface area contributed by atoms with Crippen molar-refractivity contribution >= 4 is 23.5 Å². The third-order valence-corrected chi connectivity index (χ3v) is 6.50. The molecule has 184 valence electrons. The van der Waals surface area contributed by atoms with Crippen LogP contribution in [0.5, 0.6) is 0 Å². The Bertz CT molecular complexity index is 1380. The maximum Gasteiger partial charge on any atom is 0.369 e. The molecular weight excluding hydrogens is 458 g/mol. The predicted octanol–water partition coefficient (Wildman–Crippen LogP) is 1.70.